The van der Waals surface area contributed by atoms with E-state index in [9.17, 15) is 4.79 Å². The van der Waals surface area contributed by atoms with Crippen molar-refractivity contribution < 1.29 is 4.79 Å². The molecule has 0 atom stereocenters. The molecular weight excluding hydrogens is 302 g/mol. The second kappa shape index (κ2) is 7.03. The fourth-order valence-electron chi connectivity index (χ4n) is 2.03. The molecule has 116 valence electrons. The fourth-order valence-corrected chi connectivity index (χ4v) is 2.03. The van der Waals surface area contributed by atoms with Gasteiger partial charge in [0.25, 0.3) is 5.91 Å². The van der Waals surface area contributed by atoms with Crippen LogP contribution in [0.15, 0.2) is 67.0 Å². The third-order valence-electron chi connectivity index (χ3n) is 3.19. The second-order valence-electron chi connectivity index (χ2n) is 4.93. The van der Waals surface area contributed by atoms with Gasteiger partial charge in [-0.25, -0.2) is 9.97 Å². The predicted molar refractivity (Wildman–Crippen MR) is 90.9 cm³/mol. The van der Waals surface area contributed by atoms with E-state index in [0.717, 1.165) is 0 Å². The summed E-state index contributed by atoms with van der Waals surface area (Å²) in [6.45, 7) is 0. The molecule has 3 aromatic rings. The number of benzene rings is 2. The van der Waals surface area contributed by atoms with Gasteiger partial charge in [-0.05, 0) is 30.3 Å². The first-order valence-corrected chi connectivity index (χ1v) is 7.20. The first-order chi connectivity index (χ1) is 11.7. The number of rotatable bonds is 4. The van der Waals surface area contributed by atoms with E-state index in [1.807, 2.05) is 18.2 Å². The molecule has 2 aromatic carbocycles. The average molecular weight is 315 g/mol. The zero-order valence-electron chi connectivity index (χ0n) is 12.6. The lowest BCUT2D eigenvalue weighted by Crippen LogP contribution is -2.13. The predicted octanol–water partition coefficient (Wildman–Crippen LogP) is 3.34. The molecule has 1 aromatic heterocycles. The molecule has 24 heavy (non-hydrogen) atoms. The molecule has 0 aliphatic rings. The smallest absolute Gasteiger partial charge is 0.258 e. The Balaban J connectivity index is 1.69. The van der Waals surface area contributed by atoms with E-state index in [4.69, 9.17) is 5.26 Å². The van der Waals surface area contributed by atoms with Crippen LogP contribution < -0.4 is 10.6 Å². The number of carbonyl (C=O) groups excluding carboxylic acids is 1. The number of nitrogens with zero attached hydrogens (tertiary/aromatic N) is 3. The fraction of sp³-hybridized carbons (Fsp3) is 0. The number of anilines is 3. The summed E-state index contributed by atoms with van der Waals surface area (Å²) in [4.78, 5) is 20.4. The van der Waals surface area contributed by atoms with Crippen LogP contribution in [-0.4, -0.2) is 15.9 Å². The highest BCUT2D eigenvalue weighted by atomic mass is 16.1. The molecule has 0 aliphatic heterocycles. The van der Waals surface area contributed by atoms with Crippen molar-refractivity contribution in [1.29, 1.82) is 5.26 Å². The van der Waals surface area contributed by atoms with Gasteiger partial charge in [0.1, 0.15) is 0 Å². The molecule has 0 bridgehead atoms. The first-order valence-electron chi connectivity index (χ1n) is 7.20. The molecule has 6 heteroatoms. The van der Waals surface area contributed by atoms with E-state index in [1.165, 1.54) is 12.4 Å². The lowest BCUT2D eigenvalue weighted by Gasteiger charge is -2.07. The van der Waals surface area contributed by atoms with Gasteiger partial charge in [-0.1, -0.05) is 24.3 Å². The Morgan fingerprint density at radius 2 is 1.67 bits per heavy atom. The largest absolute Gasteiger partial charge is 0.324 e. The van der Waals surface area contributed by atoms with Gasteiger partial charge < -0.3 is 10.6 Å². The van der Waals surface area contributed by atoms with E-state index in [1.54, 1.807) is 36.4 Å². The summed E-state index contributed by atoms with van der Waals surface area (Å²) >= 11 is 0. The molecule has 0 radical (unpaired) electrons. The van der Waals surface area contributed by atoms with Gasteiger partial charge in [-0.15, -0.1) is 0 Å². The van der Waals surface area contributed by atoms with Crippen LogP contribution in [0.1, 0.15) is 15.9 Å². The number of hydrogen-bond donors (Lipinski definition) is 2. The van der Waals surface area contributed by atoms with Gasteiger partial charge in [-0.2, -0.15) is 5.26 Å². The molecular formula is C18H13N5O. The third kappa shape index (κ3) is 3.72. The van der Waals surface area contributed by atoms with Crippen molar-refractivity contribution in [2.24, 2.45) is 0 Å². The molecule has 0 aliphatic carbocycles. The SMILES string of the molecule is N#Cc1cccc(Nc2ncc(C(=O)Nc3ccccc3)cn2)c1. The number of para-hydroxylation sites is 1. The van der Waals surface area contributed by atoms with Gasteiger partial charge in [0, 0.05) is 23.8 Å². The Morgan fingerprint density at radius 3 is 2.38 bits per heavy atom. The lowest BCUT2D eigenvalue weighted by atomic mass is 10.2. The number of carbonyl (C=O) groups is 1. The van der Waals surface area contributed by atoms with Crippen LogP contribution in [0.25, 0.3) is 0 Å². The van der Waals surface area contributed by atoms with Gasteiger partial charge in [0.05, 0.1) is 17.2 Å². The van der Waals surface area contributed by atoms with Crippen molar-refractivity contribution in [2.75, 3.05) is 10.6 Å². The van der Waals surface area contributed by atoms with Crippen LogP contribution >= 0.6 is 0 Å². The summed E-state index contributed by atoms with van der Waals surface area (Å²) in [5.41, 5.74) is 2.31. The molecule has 0 spiro atoms. The van der Waals surface area contributed by atoms with Crippen LogP contribution in [0.4, 0.5) is 17.3 Å². The van der Waals surface area contributed by atoms with Crippen molar-refractivity contribution in [2.45, 2.75) is 0 Å². The Bertz CT molecular complexity index is 885. The molecule has 0 saturated heterocycles. The first kappa shape index (κ1) is 15.2. The van der Waals surface area contributed by atoms with Crippen LogP contribution in [0.2, 0.25) is 0 Å². The van der Waals surface area contributed by atoms with Crippen molar-refractivity contribution in [3.05, 3.63) is 78.1 Å². The standard InChI is InChI=1S/C18H13N5O/c19-10-13-5-4-8-16(9-13)23-18-20-11-14(12-21-18)17(24)22-15-6-2-1-3-7-15/h1-9,11-12H,(H,22,24)(H,20,21,23). The van der Waals surface area contributed by atoms with E-state index in [-0.39, 0.29) is 5.91 Å². The van der Waals surface area contributed by atoms with E-state index < -0.39 is 0 Å². The normalized spacial score (nSPS) is 9.79. The molecule has 0 fully saturated rings. The summed E-state index contributed by atoms with van der Waals surface area (Å²) in [6, 6.07) is 18.2. The second-order valence-corrected chi connectivity index (χ2v) is 4.93. The third-order valence-corrected chi connectivity index (χ3v) is 3.19. The van der Waals surface area contributed by atoms with E-state index >= 15 is 0 Å². The van der Waals surface area contributed by atoms with Crippen LogP contribution in [-0.2, 0) is 0 Å². The highest BCUT2D eigenvalue weighted by molar-refractivity contribution is 6.03. The van der Waals surface area contributed by atoms with Crippen LogP contribution in [0.3, 0.4) is 0 Å². The van der Waals surface area contributed by atoms with Gasteiger partial charge in [-0.3, -0.25) is 4.79 Å². The summed E-state index contributed by atoms with van der Waals surface area (Å²) in [5, 5.41) is 14.6. The molecule has 1 heterocycles. The minimum Gasteiger partial charge on any atom is -0.324 e. The van der Waals surface area contributed by atoms with Gasteiger partial charge >= 0.3 is 0 Å². The van der Waals surface area contributed by atoms with Gasteiger partial charge in [0.2, 0.25) is 5.95 Å². The Morgan fingerprint density at radius 1 is 0.958 bits per heavy atom. The monoisotopic (exact) mass is 315 g/mol. The minimum atomic E-state index is -0.278. The van der Waals surface area contributed by atoms with Crippen LogP contribution in [0.5, 0.6) is 0 Å². The molecule has 0 unspecified atom stereocenters. The highest BCUT2D eigenvalue weighted by Gasteiger charge is 2.07. The zero-order valence-corrected chi connectivity index (χ0v) is 12.6. The highest BCUT2D eigenvalue weighted by Crippen LogP contribution is 2.14. The Kier molecular flexibility index (Phi) is 4.45. The summed E-state index contributed by atoms with van der Waals surface area (Å²) < 4.78 is 0. The Hall–Kier alpha value is -3.72. The minimum absolute atomic E-state index is 0.278. The van der Waals surface area contributed by atoms with Crippen molar-refractivity contribution in [3.8, 4) is 6.07 Å². The lowest BCUT2D eigenvalue weighted by molar-refractivity contribution is 0.102. The maximum Gasteiger partial charge on any atom is 0.258 e. The topological polar surface area (TPSA) is 90.7 Å². The molecule has 1 amide bonds. The van der Waals surface area contributed by atoms with Crippen molar-refractivity contribution >= 4 is 23.2 Å². The summed E-state index contributed by atoms with van der Waals surface area (Å²) in [6.07, 6.45) is 2.89. The zero-order chi connectivity index (χ0) is 16.8. The number of aromatic nitrogens is 2. The van der Waals surface area contributed by atoms with Crippen LogP contribution in [0, 0.1) is 11.3 Å². The summed E-state index contributed by atoms with van der Waals surface area (Å²) in [7, 11) is 0. The average Bonchev–Trinajstić information content (AvgIpc) is 2.63. The quantitative estimate of drug-likeness (QED) is 0.770. The summed E-state index contributed by atoms with van der Waals surface area (Å²) in [5.74, 6) is 0.0700. The maximum atomic E-state index is 12.1. The number of amides is 1. The molecule has 3 rings (SSSR count). The molecule has 2 N–H and O–H groups in total. The number of hydrogen-bond acceptors (Lipinski definition) is 5. The van der Waals surface area contributed by atoms with Crippen molar-refractivity contribution in [1.82, 2.24) is 9.97 Å². The number of nitrogens with one attached hydrogen (secondary N) is 2. The van der Waals surface area contributed by atoms with Crippen molar-refractivity contribution in [3.63, 3.8) is 0 Å². The van der Waals surface area contributed by atoms with E-state index in [2.05, 4.69) is 26.7 Å². The van der Waals surface area contributed by atoms with E-state index in [0.29, 0.717) is 28.5 Å². The number of nitriles is 1. The molecule has 0 saturated carbocycles. The maximum absolute atomic E-state index is 12.1. The Labute approximate surface area is 138 Å². The van der Waals surface area contributed by atoms with Gasteiger partial charge in [0.15, 0.2) is 0 Å². The molecule has 6 nitrogen and oxygen atoms in total.